The molecule has 0 amide bonds. The van der Waals surface area contributed by atoms with Crippen molar-refractivity contribution in [3.05, 3.63) is 47.8 Å². The fraction of sp³-hybridized carbons (Fsp3) is 0.500. The van der Waals surface area contributed by atoms with Gasteiger partial charge >= 0.3 is 6.04 Å². The molecule has 0 saturated heterocycles. The number of allylic oxidation sites excluding steroid dienone is 6. The van der Waals surface area contributed by atoms with E-state index in [1.165, 1.54) is 18.9 Å². The molecule has 1 saturated carbocycles. The number of unbranched alkanes of at least 4 members (excludes halogenated alkanes) is 1. The first-order valence-electron chi connectivity index (χ1n) is 7.54. The van der Waals surface area contributed by atoms with Crippen LogP contribution in [0.3, 0.4) is 0 Å². The van der Waals surface area contributed by atoms with E-state index in [-0.39, 0.29) is 5.57 Å². The summed E-state index contributed by atoms with van der Waals surface area (Å²) in [5.74, 6) is 0.949. The molecule has 21 heavy (non-hydrogen) atoms. The van der Waals surface area contributed by atoms with Gasteiger partial charge in [-0.3, -0.25) is 4.79 Å². The highest BCUT2D eigenvalue weighted by atomic mass is 19.1. The quantitative estimate of drug-likeness (QED) is 0.141. The summed E-state index contributed by atoms with van der Waals surface area (Å²) >= 11 is 0. The van der Waals surface area contributed by atoms with Crippen molar-refractivity contribution >= 4 is 6.04 Å². The molecule has 0 radical (unpaired) electrons. The van der Waals surface area contributed by atoms with Gasteiger partial charge in [0.05, 0.1) is 12.2 Å². The molecule has 0 unspecified atom stereocenters. The maximum absolute atomic E-state index is 13.1. The summed E-state index contributed by atoms with van der Waals surface area (Å²) in [6.45, 7) is 8.21. The Kier molecular flexibility index (Phi) is 7.73. The molecule has 0 aliphatic heterocycles. The zero-order valence-corrected chi connectivity index (χ0v) is 13.0. The third-order valence-corrected chi connectivity index (χ3v) is 3.32. The average Bonchev–Trinajstić information content (AvgIpc) is 3.24. The lowest BCUT2D eigenvalue weighted by molar-refractivity contribution is -0.124. The van der Waals surface area contributed by atoms with E-state index in [2.05, 4.69) is 12.7 Å². The van der Waals surface area contributed by atoms with Crippen molar-refractivity contribution < 1.29 is 13.9 Å². The Hall–Kier alpha value is -1.64. The van der Waals surface area contributed by atoms with E-state index in [1.54, 1.807) is 6.08 Å². The highest BCUT2D eigenvalue weighted by Crippen LogP contribution is 2.29. The summed E-state index contributed by atoms with van der Waals surface area (Å²) in [6, 6.07) is -1.45. The van der Waals surface area contributed by atoms with Gasteiger partial charge in [0.15, 0.2) is 0 Å². The lowest BCUT2D eigenvalue weighted by Crippen LogP contribution is -1.98. The van der Waals surface area contributed by atoms with Gasteiger partial charge in [0, 0.05) is 0 Å². The zero-order chi connectivity index (χ0) is 15.7. The van der Waals surface area contributed by atoms with Crippen LogP contribution in [0.5, 0.6) is 0 Å². The first-order chi connectivity index (χ1) is 10.0. The van der Waals surface area contributed by atoms with Crippen LogP contribution in [0.4, 0.5) is 4.39 Å². The van der Waals surface area contributed by atoms with E-state index in [0.717, 1.165) is 24.8 Å². The van der Waals surface area contributed by atoms with Crippen molar-refractivity contribution in [2.45, 2.75) is 46.0 Å². The molecule has 1 aliphatic carbocycles. The van der Waals surface area contributed by atoms with Crippen LogP contribution in [0.2, 0.25) is 0 Å². The van der Waals surface area contributed by atoms with Crippen LogP contribution in [-0.2, 0) is 9.53 Å². The van der Waals surface area contributed by atoms with Crippen molar-refractivity contribution in [2.24, 2.45) is 5.92 Å². The molecule has 2 nitrogen and oxygen atoms in total. The van der Waals surface area contributed by atoms with Crippen LogP contribution in [-0.4, -0.2) is 12.6 Å². The summed E-state index contributed by atoms with van der Waals surface area (Å²) < 4.78 is 18.5. The van der Waals surface area contributed by atoms with Gasteiger partial charge in [-0.2, -0.15) is 4.39 Å². The van der Waals surface area contributed by atoms with Crippen LogP contribution in [0.15, 0.2) is 47.8 Å². The summed E-state index contributed by atoms with van der Waals surface area (Å²) in [4.78, 5) is 11.1. The number of carbonyl (C=O) groups excluding carboxylic acids is 1. The maximum atomic E-state index is 13.1. The van der Waals surface area contributed by atoms with Crippen LogP contribution < -0.4 is 0 Å². The molecule has 0 atom stereocenters. The van der Waals surface area contributed by atoms with Crippen LogP contribution in [0.1, 0.15) is 46.0 Å². The third-order valence-electron chi connectivity index (χ3n) is 3.32. The van der Waals surface area contributed by atoms with Gasteiger partial charge in [0.25, 0.3) is 0 Å². The highest BCUT2D eigenvalue weighted by Gasteiger charge is 2.21. The van der Waals surface area contributed by atoms with Crippen LogP contribution in [0, 0.1) is 5.92 Å². The minimum atomic E-state index is -1.45. The minimum absolute atomic E-state index is 0.0133. The molecule has 3 heteroatoms. The Balaban J connectivity index is 2.53. The van der Waals surface area contributed by atoms with E-state index in [0.29, 0.717) is 18.3 Å². The van der Waals surface area contributed by atoms with E-state index in [4.69, 9.17) is 4.74 Å². The Bertz CT molecular complexity index is 454. The van der Waals surface area contributed by atoms with Gasteiger partial charge in [-0.05, 0) is 64.0 Å². The number of rotatable bonds is 10. The zero-order valence-electron chi connectivity index (χ0n) is 13.0. The molecule has 116 valence electrons. The topological polar surface area (TPSA) is 26.3 Å². The van der Waals surface area contributed by atoms with E-state index < -0.39 is 6.04 Å². The predicted molar refractivity (Wildman–Crippen MR) is 84.4 cm³/mol. The molecule has 0 aromatic heterocycles. The third kappa shape index (κ3) is 8.28. The molecule has 0 aromatic rings. The molecular weight excluding hydrogens is 267 g/mol. The van der Waals surface area contributed by atoms with Crippen molar-refractivity contribution in [2.75, 3.05) is 6.61 Å². The molecule has 0 spiro atoms. The smallest absolute Gasteiger partial charge is 0.332 e. The number of ether oxygens (including phenoxy) is 1. The van der Waals surface area contributed by atoms with Gasteiger partial charge in [0.1, 0.15) is 5.76 Å². The Labute approximate surface area is 127 Å². The van der Waals surface area contributed by atoms with Crippen molar-refractivity contribution in [3.63, 3.8) is 0 Å². The van der Waals surface area contributed by atoms with Gasteiger partial charge in [-0.1, -0.05) is 24.3 Å². The SMILES string of the molecule is C=C(/C=C(\C=C(/C)CCC/C=C\C)C(=O)F)OCC1CC1. The fourth-order valence-electron chi connectivity index (χ4n) is 1.88. The standard InChI is InChI=1S/C18H25FO2/c1-4-5-6-7-8-14(2)11-17(18(19)20)12-15(3)21-13-16-9-10-16/h4-5,11-12,16H,3,6-10,13H2,1-2H3/b5-4-,14-11+,17-12+. The van der Waals surface area contributed by atoms with Crippen molar-refractivity contribution in [1.82, 2.24) is 0 Å². The molecule has 0 N–H and O–H groups in total. The second kappa shape index (κ2) is 9.32. The summed E-state index contributed by atoms with van der Waals surface area (Å²) in [5.41, 5.74) is 0.992. The van der Waals surface area contributed by atoms with Crippen molar-refractivity contribution in [3.8, 4) is 0 Å². The Morgan fingerprint density at radius 2 is 2.10 bits per heavy atom. The number of hydrogen-bond acceptors (Lipinski definition) is 2. The van der Waals surface area contributed by atoms with Gasteiger partial charge in [-0.15, -0.1) is 0 Å². The van der Waals surface area contributed by atoms with E-state index >= 15 is 0 Å². The predicted octanol–water partition coefficient (Wildman–Crippen LogP) is 5.04. The Morgan fingerprint density at radius 3 is 2.67 bits per heavy atom. The van der Waals surface area contributed by atoms with Crippen LogP contribution >= 0.6 is 0 Å². The van der Waals surface area contributed by atoms with E-state index in [1.807, 2.05) is 19.9 Å². The normalized spacial score (nSPS) is 16.3. The molecule has 0 bridgehead atoms. The number of carbonyl (C=O) groups is 1. The first-order valence-corrected chi connectivity index (χ1v) is 7.54. The monoisotopic (exact) mass is 292 g/mol. The molecule has 1 aliphatic rings. The summed E-state index contributed by atoms with van der Waals surface area (Å²) in [6.07, 6.45) is 12.2. The second-order valence-electron chi connectivity index (χ2n) is 5.55. The van der Waals surface area contributed by atoms with Gasteiger partial charge in [0.2, 0.25) is 0 Å². The fourth-order valence-corrected chi connectivity index (χ4v) is 1.88. The largest absolute Gasteiger partial charge is 0.494 e. The van der Waals surface area contributed by atoms with Gasteiger partial charge in [-0.25, -0.2) is 0 Å². The second-order valence-corrected chi connectivity index (χ2v) is 5.55. The van der Waals surface area contributed by atoms with E-state index in [9.17, 15) is 9.18 Å². The van der Waals surface area contributed by atoms with Gasteiger partial charge < -0.3 is 4.74 Å². The Morgan fingerprint density at radius 1 is 1.38 bits per heavy atom. The number of hydrogen-bond donors (Lipinski definition) is 0. The van der Waals surface area contributed by atoms with Crippen molar-refractivity contribution in [1.29, 1.82) is 0 Å². The lowest BCUT2D eigenvalue weighted by Gasteiger charge is -2.05. The molecule has 0 heterocycles. The molecule has 1 rings (SSSR count). The maximum Gasteiger partial charge on any atom is 0.332 e. The number of halogens is 1. The molecule has 0 aromatic carbocycles. The average molecular weight is 292 g/mol. The summed E-state index contributed by atoms with van der Waals surface area (Å²) in [5, 5.41) is 0. The molecule has 1 fully saturated rings. The highest BCUT2D eigenvalue weighted by molar-refractivity contribution is 5.91. The molecular formula is C18H25FO2. The lowest BCUT2D eigenvalue weighted by atomic mass is 10.1. The minimum Gasteiger partial charge on any atom is -0.494 e. The van der Waals surface area contributed by atoms with Crippen LogP contribution in [0.25, 0.3) is 0 Å². The first kappa shape index (κ1) is 17.4. The summed E-state index contributed by atoms with van der Waals surface area (Å²) in [7, 11) is 0.